The van der Waals surface area contributed by atoms with Crippen LogP contribution >= 0.6 is 22.9 Å². The van der Waals surface area contributed by atoms with E-state index in [1.165, 1.54) is 0 Å². The summed E-state index contributed by atoms with van der Waals surface area (Å²) < 4.78 is 26.2. The minimum Gasteiger partial charge on any atom is -0.233 e. The first kappa shape index (κ1) is 9.55. The van der Waals surface area contributed by atoms with Crippen molar-refractivity contribution in [2.45, 2.75) is 0 Å². The SMILES string of the molecule is F/C(Cl)=C(/F)c1nc2ccccc2s1. The Hall–Kier alpha value is -1.00. The normalized spacial score (nSPS) is 13.1. The molecule has 1 aromatic heterocycles. The maximum atomic E-state index is 13.0. The molecule has 0 saturated carbocycles. The molecule has 1 aromatic carbocycles. The summed E-state index contributed by atoms with van der Waals surface area (Å²) in [5.74, 6) is -1.10. The fourth-order valence-electron chi connectivity index (χ4n) is 1.05. The van der Waals surface area contributed by atoms with Gasteiger partial charge in [-0.25, -0.2) is 4.98 Å². The summed E-state index contributed by atoms with van der Waals surface area (Å²) in [5, 5.41) is -1.39. The maximum Gasteiger partial charge on any atom is 0.228 e. The van der Waals surface area contributed by atoms with Crippen LogP contribution in [0.15, 0.2) is 29.6 Å². The quantitative estimate of drug-likeness (QED) is 0.720. The van der Waals surface area contributed by atoms with Crippen LogP contribution in [-0.4, -0.2) is 4.98 Å². The number of benzene rings is 1. The monoisotopic (exact) mass is 231 g/mol. The second-order valence-electron chi connectivity index (χ2n) is 2.56. The van der Waals surface area contributed by atoms with Crippen molar-refractivity contribution in [3.05, 3.63) is 34.6 Å². The molecule has 72 valence electrons. The van der Waals surface area contributed by atoms with E-state index in [9.17, 15) is 8.78 Å². The van der Waals surface area contributed by atoms with Crippen LogP contribution in [0.5, 0.6) is 0 Å². The molecule has 0 fully saturated rings. The van der Waals surface area contributed by atoms with Crippen LogP contribution in [0.1, 0.15) is 5.01 Å². The van der Waals surface area contributed by atoms with Gasteiger partial charge in [0.1, 0.15) is 0 Å². The highest BCUT2D eigenvalue weighted by Gasteiger charge is 2.12. The average molecular weight is 232 g/mol. The minimum atomic E-state index is -1.36. The Morgan fingerprint density at radius 1 is 1.29 bits per heavy atom. The van der Waals surface area contributed by atoms with Gasteiger partial charge in [-0.2, -0.15) is 8.78 Å². The molecule has 0 unspecified atom stereocenters. The van der Waals surface area contributed by atoms with Crippen LogP contribution < -0.4 is 0 Å². The van der Waals surface area contributed by atoms with Gasteiger partial charge in [0.05, 0.1) is 10.2 Å². The van der Waals surface area contributed by atoms with E-state index in [1.807, 2.05) is 6.07 Å². The van der Waals surface area contributed by atoms with E-state index in [4.69, 9.17) is 11.6 Å². The number of para-hydroxylation sites is 1. The van der Waals surface area contributed by atoms with Crippen molar-refractivity contribution in [3.8, 4) is 0 Å². The van der Waals surface area contributed by atoms with Crippen LogP contribution in [0.3, 0.4) is 0 Å². The molecular weight excluding hydrogens is 228 g/mol. The number of halogens is 3. The summed E-state index contributed by atoms with van der Waals surface area (Å²) in [5.41, 5.74) is 0.639. The van der Waals surface area contributed by atoms with Gasteiger partial charge in [0.25, 0.3) is 0 Å². The second kappa shape index (κ2) is 3.63. The van der Waals surface area contributed by atoms with Crippen molar-refractivity contribution >= 4 is 39.0 Å². The number of fused-ring (bicyclic) bond motifs is 1. The molecule has 2 aromatic rings. The lowest BCUT2D eigenvalue weighted by Crippen LogP contribution is -1.75. The second-order valence-corrected chi connectivity index (χ2v) is 3.92. The average Bonchev–Trinajstić information content (AvgIpc) is 2.59. The van der Waals surface area contributed by atoms with E-state index in [0.717, 1.165) is 16.0 Å². The van der Waals surface area contributed by atoms with E-state index in [1.54, 1.807) is 18.2 Å². The van der Waals surface area contributed by atoms with Crippen LogP contribution in [0.25, 0.3) is 16.0 Å². The third-order valence-electron chi connectivity index (χ3n) is 1.65. The van der Waals surface area contributed by atoms with Gasteiger partial charge in [-0.3, -0.25) is 0 Å². The van der Waals surface area contributed by atoms with Crippen LogP contribution in [0.2, 0.25) is 0 Å². The van der Waals surface area contributed by atoms with Crippen molar-refractivity contribution in [1.82, 2.24) is 4.98 Å². The zero-order chi connectivity index (χ0) is 10.1. The summed E-state index contributed by atoms with van der Waals surface area (Å²) in [4.78, 5) is 3.90. The molecule has 0 spiro atoms. The predicted molar refractivity (Wildman–Crippen MR) is 54.6 cm³/mol. The lowest BCUT2D eigenvalue weighted by molar-refractivity contribution is 0.650. The van der Waals surface area contributed by atoms with Crippen molar-refractivity contribution < 1.29 is 8.78 Å². The predicted octanol–water partition coefficient (Wildman–Crippen LogP) is 4.10. The number of thiazole rings is 1. The van der Waals surface area contributed by atoms with Crippen LogP contribution in [-0.2, 0) is 0 Å². The first-order valence-corrected chi connectivity index (χ1v) is 4.94. The lowest BCUT2D eigenvalue weighted by atomic mass is 10.3. The van der Waals surface area contributed by atoms with Crippen molar-refractivity contribution in [2.75, 3.05) is 0 Å². The Bertz CT molecular complexity index is 469. The van der Waals surface area contributed by atoms with Gasteiger partial charge in [-0.15, -0.1) is 11.3 Å². The molecule has 0 aliphatic carbocycles. The van der Waals surface area contributed by atoms with Gasteiger partial charge in [0.15, 0.2) is 5.01 Å². The molecule has 0 amide bonds. The first-order valence-electron chi connectivity index (χ1n) is 3.75. The molecule has 0 aliphatic rings. The van der Waals surface area contributed by atoms with E-state index in [2.05, 4.69) is 4.98 Å². The van der Waals surface area contributed by atoms with Crippen LogP contribution in [0.4, 0.5) is 8.78 Å². The number of aromatic nitrogens is 1. The smallest absolute Gasteiger partial charge is 0.228 e. The molecule has 1 heterocycles. The van der Waals surface area contributed by atoms with Gasteiger partial charge >= 0.3 is 0 Å². The number of hydrogen-bond donors (Lipinski definition) is 0. The molecule has 5 heteroatoms. The summed E-state index contributed by atoms with van der Waals surface area (Å²) >= 11 is 5.96. The summed E-state index contributed by atoms with van der Waals surface area (Å²) in [6, 6.07) is 7.11. The molecule has 1 nitrogen and oxygen atoms in total. The van der Waals surface area contributed by atoms with E-state index < -0.39 is 11.1 Å². The summed E-state index contributed by atoms with van der Waals surface area (Å²) in [6.45, 7) is 0. The lowest BCUT2D eigenvalue weighted by Gasteiger charge is -1.86. The Morgan fingerprint density at radius 3 is 2.64 bits per heavy atom. The molecule has 0 bridgehead atoms. The number of nitrogens with zero attached hydrogens (tertiary/aromatic N) is 1. The van der Waals surface area contributed by atoms with Crippen molar-refractivity contribution in [3.63, 3.8) is 0 Å². The molecule has 0 atom stereocenters. The number of rotatable bonds is 1. The Labute approximate surface area is 87.6 Å². The topological polar surface area (TPSA) is 12.9 Å². The zero-order valence-electron chi connectivity index (χ0n) is 6.80. The fraction of sp³-hybridized carbons (Fsp3) is 0. The highest BCUT2D eigenvalue weighted by atomic mass is 35.5. The van der Waals surface area contributed by atoms with Crippen LogP contribution in [0, 0.1) is 0 Å². The van der Waals surface area contributed by atoms with Gasteiger partial charge in [-0.1, -0.05) is 12.1 Å². The molecule has 0 radical (unpaired) electrons. The van der Waals surface area contributed by atoms with E-state index >= 15 is 0 Å². The Morgan fingerprint density at radius 2 is 2.00 bits per heavy atom. The third kappa shape index (κ3) is 1.63. The van der Waals surface area contributed by atoms with Gasteiger partial charge in [-0.05, 0) is 23.7 Å². The molecule has 0 saturated heterocycles. The first-order chi connectivity index (χ1) is 6.68. The standard InChI is InChI=1S/C9H4ClF2NS/c10-8(12)7(11)9-13-5-3-1-2-4-6(5)14-9/h1-4H/b8-7+. The Balaban J connectivity index is 2.61. The van der Waals surface area contributed by atoms with E-state index in [0.29, 0.717) is 5.52 Å². The third-order valence-corrected chi connectivity index (χ3v) is 2.84. The minimum absolute atomic E-state index is 0.0290. The van der Waals surface area contributed by atoms with Gasteiger partial charge in [0.2, 0.25) is 11.1 Å². The molecule has 14 heavy (non-hydrogen) atoms. The van der Waals surface area contributed by atoms with Gasteiger partial charge < -0.3 is 0 Å². The maximum absolute atomic E-state index is 13.0. The largest absolute Gasteiger partial charge is 0.233 e. The number of hydrogen-bond acceptors (Lipinski definition) is 2. The zero-order valence-corrected chi connectivity index (χ0v) is 8.37. The fourth-order valence-corrected chi connectivity index (χ4v) is 2.09. The summed E-state index contributed by atoms with van der Waals surface area (Å²) in [7, 11) is 0. The highest BCUT2D eigenvalue weighted by Crippen LogP contribution is 2.30. The van der Waals surface area contributed by atoms with E-state index in [-0.39, 0.29) is 5.01 Å². The molecule has 0 N–H and O–H groups in total. The van der Waals surface area contributed by atoms with Crippen molar-refractivity contribution in [2.24, 2.45) is 0 Å². The highest BCUT2D eigenvalue weighted by molar-refractivity contribution is 7.19. The molecular formula is C9H4ClF2NS. The van der Waals surface area contributed by atoms with Gasteiger partial charge in [0, 0.05) is 0 Å². The summed E-state index contributed by atoms with van der Waals surface area (Å²) in [6.07, 6.45) is 0. The molecule has 0 aliphatic heterocycles. The Kier molecular flexibility index (Phi) is 2.48. The molecule has 2 rings (SSSR count). The van der Waals surface area contributed by atoms with Crippen molar-refractivity contribution in [1.29, 1.82) is 0 Å².